The average Bonchev–Trinajstić information content (AvgIpc) is 2.32. The second kappa shape index (κ2) is 5.29. The molecule has 0 bridgehead atoms. The molecule has 0 aromatic heterocycles. The summed E-state index contributed by atoms with van der Waals surface area (Å²) in [6.07, 6.45) is -0.371. The Morgan fingerprint density at radius 3 is 2.47 bits per heavy atom. The first-order valence-electron chi connectivity index (χ1n) is 5.62. The average molecular weight is 236 g/mol. The normalized spacial score (nSPS) is 17.3. The highest BCUT2D eigenvalue weighted by Gasteiger charge is 2.25. The van der Waals surface area contributed by atoms with Crippen LogP contribution in [0.15, 0.2) is 24.3 Å². The topological polar surface area (TPSA) is 44.8 Å². The molecule has 1 fully saturated rings. The van der Waals surface area contributed by atoms with E-state index in [1.807, 2.05) is 0 Å². The lowest BCUT2D eigenvalue weighted by Crippen LogP contribution is -2.40. The van der Waals surface area contributed by atoms with Crippen LogP contribution < -0.4 is 4.74 Å². The van der Waals surface area contributed by atoms with Gasteiger partial charge in [-0.2, -0.15) is 0 Å². The number of ketones is 1. The van der Waals surface area contributed by atoms with E-state index >= 15 is 0 Å². The number of ether oxygens (including phenoxy) is 3. The van der Waals surface area contributed by atoms with E-state index < -0.39 is 6.10 Å². The number of carbonyl (C=O) groups is 1. The Hall–Kier alpha value is -1.39. The van der Waals surface area contributed by atoms with Crippen LogP contribution in [-0.2, 0) is 9.47 Å². The highest BCUT2D eigenvalue weighted by atomic mass is 16.6. The third-order valence-electron chi connectivity index (χ3n) is 2.75. The van der Waals surface area contributed by atoms with Gasteiger partial charge >= 0.3 is 0 Å². The van der Waals surface area contributed by atoms with E-state index in [0.717, 1.165) is 5.75 Å². The molecule has 1 heterocycles. The summed E-state index contributed by atoms with van der Waals surface area (Å²) in [5, 5.41) is 0. The maximum atomic E-state index is 12.0. The van der Waals surface area contributed by atoms with Gasteiger partial charge < -0.3 is 14.2 Å². The van der Waals surface area contributed by atoms with Crippen molar-refractivity contribution in [1.29, 1.82) is 0 Å². The number of rotatable bonds is 5. The van der Waals surface area contributed by atoms with Gasteiger partial charge in [0, 0.05) is 5.56 Å². The molecule has 1 aliphatic heterocycles. The number of Topliss-reactive ketones (excluding diaryl/α,β-unsaturated/α-hetero) is 1. The Kier molecular flexibility index (Phi) is 3.76. The molecule has 0 amide bonds. The molecule has 1 unspecified atom stereocenters. The highest BCUT2D eigenvalue weighted by molar-refractivity contribution is 5.99. The molecule has 1 atom stereocenters. The fourth-order valence-electron chi connectivity index (χ4n) is 1.63. The molecule has 1 aliphatic rings. The standard InChI is InChI=1S/C13H16O4/c1-9(17-12-7-16-8-12)13(14)10-3-5-11(15-2)6-4-10/h3-6,9,12H,7-8H2,1-2H3. The van der Waals surface area contributed by atoms with E-state index in [2.05, 4.69) is 0 Å². The second-order valence-electron chi connectivity index (χ2n) is 4.03. The Labute approximate surface area is 100 Å². The molecule has 17 heavy (non-hydrogen) atoms. The van der Waals surface area contributed by atoms with Crippen LogP contribution in [0.1, 0.15) is 17.3 Å². The molecule has 1 aromatic carbocycles. The quantitative estimate of drug-likeness (QED) is 0.730. The van der Waals surface area contributed by atoms with E-state index in [-0.39, 0.29) is 11.9 Å². The summed E-state index contributed by atoms with van der Waals surface area (Å²) in [6, 6.07) is 7.04. The maximum Gasteiger partial charge on any atom is 0.191 e. The zero-order chi connectivity index (χ0) is 12.3. The molecule has 0 N–H and O–H groups in total. The van der Waals surface area contributed by atoms with Gasteiger partial charge in [-0.1, -0.05) is 0 Å². The zero-order valence-electron chi connectivity index (χ0n) is 10.0. The Balaban J connectivity index is 1.96. The van der Waals surface area contributed by atoms with Gasteiger partial charge in [-0.05, 0) is 31.2 Å². The first-order valence-corrected chi connectivity index (χ1v) is 5.62. The minimum absolute atomic E-state index is 0.0143. The van der Waals surface area contributed by atoms with Crippen molar-refractivity contribution in [3.05, 3.63) is 29.8 Å². The van der Waals surface area contributed by atoms with Gasteiger partial charge in [-0.25, -0.2) is 0 Å². The molecular formula is C13H16O4. The summed E-state index contributed by atoms with van der Waals surface area (Å²) in [5.41, 5.74) is 0.638. The van der Waals surface area contributed by atoms with Gasteiger partial charge in [0.2, 0.25) is 0 Å². The van der Waals surface area contributed by atoms with E-state index in [1.165, 1.54) is 0 Å². The van der Waals surface area contributed by atoms with Crippen molar-refractivity contribution < 1.29 is 19.0 Å². The van der Waals surface area contributed by atoms with Gasteiger partial charge in [-0.15, -0.1) is 0 Å². The van der Waals surface area contributed by atoms with Crippen molar-refractivity contribution in [3.63, 3.8) is 0 Å². The van der Waals surface area contributed by atoms with Crippen LogP contribution in [0.3, 0.4) is 0 Å². The van der Waals surface area contributed by atoms with E-state index in [9.17, 15) is 4.79 Å². The minimum atomic E-state index is -0.433. The summed E-state index contributed by atoms with van der Waals surface area (Å²) >= 11 is 0. The lowest BCUT2D eigenvalue weighted by Gasteiger charge is -2.28. The SMILES string of the molecule is COc1ccc(C(=O)C(C)OC2COC2)cc1. The molecular weight excluding hydrogens is 220 g/mol. The number of carbonyl (C=O) groups excluding carboxylic acids is 1. The molecule has 0 radical (unpaired) electrons. The molecule has 0 aliphatic carbocycles. The van der Waals surface area contributed by atoms with Gasteiger partial charge in [-0.3, -0.25) is 4.79 Å². The van der Waals surface area contributed by atoms with Crippen LogP contribution in [-0.4, -0.2) is 38.3 Å². The Morgan fingerprint density at radius 1 is 1.35 bits per heavy atom. The number of methoxy groups -OCH3 is 1. The second-order valence-corrected chi connectivity index (χ2v) is 4.03. The Morgan fingerprint density at radius 2 is 2.00 bits per heavy atom. The molecule has 4 nitrogen and oxygen atoms in total. The first kappa shape index (κ1) is 12.1. The van der Waals surface area contributed by atoms with Gasteiger partial charge in [0.15, 0.2) is 5.78 Å². The van der Waals surface area contributed by atoms with Crippen molar-refractivity contribution in [3.8, 4) is 5.75 Å². The third kappa shape index (κ3) is 2.84. The fraction of sp³-hybridized carbons (Fsp3) is 0.462. The molecule has 1 saturated heterocycles. The molecule has 2 rings (SSSR count). The van der Waals surface area contributed by atoms with Crippen molar-refractivity contribution in [2.24, 2.45) is 0 Å². The van der Waals surface area contributed by atoms with Crippen LogP contribution in [0.2, 0.25) is 0 Å². The van der Waals surface area contributed by atoms with Gasteiger partial charge in [0.05, 0.1) is 20.3 Å². The lowest BCUT2D eigenvalue weighted by atomic mass is 10.1. The third-order valence-corrected chi connectivity index (χ3v) is 2.75. The van der Waals surface area contributed by atoms with E-state index in [1.54, 1.807) is 38.3 Å². The predicted octanol–water partition coefficient (Wildman–Crippen LogP) is 1.68. The number of hydrogen-bond donors (Lipinski definition) is 0. The smallest absolute Gasteiger partial charge is 0.191 e. The summed E-state index contributed by atoms with van der Waals surface area (Å²) in [6.45, 7) is 2.94. The zero-order valence-corrected chi connectivity index (χ0v) is 10.0. The van der Waals surface area contributed by atoms with Crippen LogP contribution >= 0.6 is 0 Å². The number of hydrogen-bond acceptors (Lipinski definition) is 4. The highest BCUT2D eigenvalue weighted by Crippen LogP contribution is 2.15. The number of benzene rings is 1. The van der Waals surface area contributed by atoms with Crippen LogP contribution in [0.5, 0.6) is 5.75 Å². The molecule has 0 saturated carbocycles. The largest absolute Gasteiger partial charge is 0.497 e. The van der Waals surface area contributed by atoms with Crippen molar-refractivity contribution in [2.75, 3.05) is 20.3 Å². The van der Waals surface area contributed by atoms with Crippen molar-refractivity contribution >= 4 is 5.78 Å². The Bertz CT molecular complexity index is 381. The summed E-state index contributed by atoms with van der Waals surface area (Å²) in [4.78, 5) is 12.0. The van der Waals surface area contributed by atoms with Crippen LogP contribution in [0.25, 0.3) is 0 Å². The van der Waals surface area contributed by atoms with Crippen LogP contribution in [0, 0.1) is 0 Å². The van der Waals surface area contributed by atoms with Crippen molar-refractivity contribution in [2.45, 2.75) is 19.1 Å². The van der Waals surface area contributed by atoms with E-state index in [0.29, 0.717) is 18.8 Å². The maximum absolute atomic E-state index is 12.0. The van der Waals surface area contributed by atoms with E-state index in [4.69, 9.17) is 14.2 Å². The summed E-state index contributed by atoms with van der Waals surface area (Å²) in [7, 11) is 1.60. The first-order chi connectivity index (χ1) is 8.20. The van der Waals surface area contributed by atoms with Crippen LogP contribution in [0.4, 0.5) is 0 Å². The molecule has 92 valence electrons. The monoisotopic (exact) mass is 236 g/mol. The lowest BCUT2D eigenvalue weighted by molar-refractivity contribution is -0.141. The fourth-order valence-corrected chi connectivity index (χ4v) is 1.63. The summed E-state index contributed by atoms with van der Waals surface area (Å²) in [5.74, 6) is 0.724. The molecule has 0 spiro atoms. The molecule has 1 aromatic rings. The van der Waals surface area contributed by atoms with Gasteiger partial charge in [0.1, 0.15) is 18.0 Å². The van der Waals surface area contributed by atoms with Crippen molar-refractivity contribution in [1.82, 2.24) is 0 Å². The summed E-state index contributed by atoms with van der Waals surface area (Å²) < 4.78 is 15.6. The predicted molar refractivity (Wildman–Crippen MR) is 62.5 cm³/mol. The molecule has 4 heteroatoms. The minimum Gasteiger partial charge on any atom is -0.497 e. The van der Waals surface area contributed by atoms with Gasteiger partial charge in [0.25, 0.3) is 0 Å².